The van der Waals surface area contributed by atoms with Crippen LogP contribution in [0.3, 0.4) is 0 Å². The first-order valence-corrected chi connectivity index (χ1v) is 6.71. The summed E-state index contributed by atoms with van der Waals surface area (Å²) >= 11 is 0. The number of hydrogen-bond donors (Lipinski definition) is 1. The molecule has 1 aromatic rings. The van der Waals surface area contributed by atoms with Gasteiger partial charge < -0.3 is 10.2 Å². The Morgan fingerprint density at radius 1 is 1.30 bits per heavy atom. The van der Waals surface area contributed by atoms with E-state index in [0.717, 1.165) is 12.8 Å². The molecule has 104 valence electrons. The molecule has 0 spiro atoms. The van der Waals surface area contributed by atoms with Crippen LogP contribution in [0.2, 0.25) is 0 Å². The van der Waals surface area contributed by atoms with Gasteiger partial charge in [0.2, 0.25) is 0 Å². The van der Waals surface area contributed by atoms with Gasteiger partial charge in [-0.1, -0.05) is 19.1 Å². The maximum Gasteiger partial charge on any atom is 0.313 e. The molecule has 0 bridgehead atoms. The third kappa shape index (κ3) is 3.15. The first-order valence-electron chi connectivity index (χ1n) is 6.71. The minimum absolute atomic E-state index is 0.348. The predicted octanol–water partition coefficient (Wildman–Crippen LogP) is 1.76. The van der Waals surface area contributed by atoms with Gasteiger partial charge in [0.25, 0.3) is 0 Å². The second-order valence-corrected chi connectivity index (χ2v) is 5.09. The molecule has 1 heterocycles. The molecule has 1 aromatic carbocycles. The minimum atomic E-state index is -0.678. The van der Waals surface area contributed by atoms with Gasteiger partial charge >= 0.3 is 11.8 Å². The number of benzene rings is 1. The molecule has 20 heavy (non-hydrogen) atoms. The van der Waals surface area contributed by atoms with Crippen LogP contribution in [0, 0.1) is 17.2 Å². The quantitative estimate of drug-likeness (QED) is 0.791. The molecule has 5 heteroatoms. The van der Waals surface area contributed by atoms with Crippen molar-refractivity contribution in [3.8, 4) is 6.07 Å². The van der Waals surface area contributed by atoms with Crippen LogP contribution in [0.1, 0.15) is 25.3 Å². The fourth-order valence-corrected chi connectivity index (χ4v) is 2.22. The van der Waals surface area contributed by atoms with E-state index < -0.39 is 11.8 Å². The predicted molar refractivity (Wildman–Crippen MR) is 74.8 cm³/mol. The monoisotopic (exact) mass is 271 g/mol. The van der Waals surface area contributed by atoms with Crippen molar-refractivity contribution in [2.24, 2.45) is 5.92 Å². The SMILES string of the molecule is CC1CCN(C(=O)C(=O)Nc2ccccc2C#N)CC1. The van der Waals surface area contributed by atoms with E-state index in [2.05, 4.69) is 12.2 Å². The molecule has 0 aromatic heterocycles. The number of hydrogen-bond acceptors (Lipinski definition) is 3. The summed E-state index contributed by atoms with van der Waals surface area (Å²) in [5.41, 5.74) is 0.722. The molecule has 0 atom stereocenters. The van der Waals surface area contributed by atoms with Crippen molar-refractivity contribution in [1.82, 2.24) is 4.90 Å². The smallest absolute Gasteiger partial charge is 0.313 e. The zero-order valence-electron chi connectivity index (χ0n) is 11.4. The van der Waals surface area contributed by atoms with E-state index in [9.17, 15) is 9.59 Å². The summed E-state index contributed by atoms with van der Waals surface area (Å²) in [5.74, 6) is -0.603. The summed E-state index contributed by atoms with van der Waals surface area (Å²) in [6.45, 7) is 3.38. The second kappa shape index (κ2) is 6.20. The molecule has 0 radical (unpaired) electrons. The van der Waals surface area contributed by atoms with Crippen molar-refractivity contribution in [2.75, 3.05) is 18.4 Å². The van der Waals surface area contributed by atoms with Gasteiger partial charge in [-0.2, -0.15) is 5.26 Å². The van der Waals surface area contributed by atoms with Crippen molar-refractivity contribution in [3.63, 3.8) is 0 Å². The number of anilines is 1. The number of nitrogens with one attached hydrogen (secondary N) is 1. The standard InChI is InChI=1S/C15H17N3O2/c1-11-6-8-18(9-7-11)15(20)14(19)17-13-5-3-2-4-12(13)10-16/h2-5,11H,6-9H2,1H3,(H,17,19). The number of carbonyl (C=O) groups is 2. The highest BCUT2D eigenvalue weighted by atomic mass is 16.2. The molecule has 1 aliphatic rings. The van der Waals surface area contributed by atoms with Crippen LogP contribution in [0.15, 0.2) is 24.3 Å². The lowest BCUT2D eigenvalue weighted by atomic mass is 9.99. The highest BCUT2D eigenvalue weighted by Gasteiger charge is 2.25. The highest BCUT2D eigenvalue weighted by molar-refractivity contribution is 6.39. The molecule has 1 aliphatic heterocycles. The Bertz CT molecular complexity index is 554. The van der Waals surface area contributed by atoms with Gasteiger partial charge in [0.05, 0.1) is 11.3 Å². The van der Waals surface area contributed by atoms with E-state index in [4.69, 9.17) is 5.26 Å². The number of nitriles is 1. The Balaban J connectivity index is 2.01. The summed E-state index contributed by atoms with van der Waals surface area (Å²) in [4.78, 5) is 25.6. The van der Waals surface area contributed by atoms with E-state index >= 15 is 0 Å². The highest BCUT2D eigenvalue weighted by Crippen LogP contribution is 2.17. The van der Waals surface area contributed by atoms with Crippen molar-refractivity contribution in [1.29, 1.82) is 5.26 Å². The Labute approximate surface area is 118 Å². The van der Waals surface area contributed by atoms with Crippen LogP contribution in [0.5, 0.6) is 0 Å². The lowest BCUT2D eigenvalue weighted by molar-refractivity contribution is -0.144. The molecule has 0 saturated carbocycles. The Morgan fingerprint density at radius 2 is 1.95 bits per heavy atom. The Hall–Kier alpha value is -2.35. The maximum absolute atomic E-state index is 12.0. The average molecular weight is 271 g/mol. The van der Waals surface area contributed by atoms with Gasteiger partial charge in [-0.25, -0.2) is 0 Å². The van der Waals surface area contributed by atoms with Crippen LogP contribution in [0.25, 0.3) is 0 Å². The van der Waals surface area contributed by atoms with E-state index in [1.54, 1.807) is 29.2 Å². The molecular formula is C15H17N3O2. The van der Waals surface area contributed by atoms with Crippen LogP contribution >= 0.6 is 0 Å². The second-order valence-electron chi connectivity index (χ2n) is 5.09. The Morgan fingerprint density at radius 3 is 2.60 bits per heavy atom. The number of likely N-dealkylation sites (tertiary alicyclic amines) is 1. The molecule has 0 aliphatic carbocycles. The molecule has 1 saturated heterocycles. The lowest BCUT2D eigenvalue weighted by Crippen LogP contribution is -2.43. The molecule has 5 nitrogen and oxygen atoms in total. The first kappa shape index (κ1) is 14.1. The lowest BCUT2D eigenvalue weighted by Gasteiger charge is -2.29. The molecule has 0 unspecified atom stereocenters. The van der Waals surface area contributed by atoms with E-state index in [0.29, 0.717) is 30.3 Å². The molecule has 2 rings (SSSR count). The van der Waals surface area contributed by atoms with Gasteiger partial charge in [0.1, 0.15) is 6.07 Å². The number of para-hydroxylation sites is 1. The summed E-state index contributed by atoms with van der Waals surface area (Å²) in [5, 5.41) is 11.5. The van der Waals surface area contributed by atoms with E-state index in [1.165, 1.54) is 0 Å². The van der Waals surface area contributed by atoms with Gasteiger partial charge in [-0.3, -0.25) is 9.59 Å². The molecule has 1 N–H and O–H groups in total. The van der Waals surface area contributed by atoms with Gasteiger partial charge in [0, 0.05) is 13.1 Å². The number of piperidine rings is 1. The van der Waals surface area contributed by atoms with Crippen LogP contribution < -0.4 is 5.32 Å². The summed E-state index contributed by atoms with van der Waals surface area (Å²) in [6, 6.07) is 8.62. The van der Waals surface area contributed by atoms with Crippen molar-refractivity contribution in [2.45, 2.75) is 19.8 Å². The summed E-state index contributed by atoms with van der Waals surface area (Å²) in [7, 11) is 0. The van der Waals surface area contributed by atoms with Crippen LogP contribution in [0.4, 0.5) is 5.69 Å². The van der Waals surface area contributed by atoms with Gasteiger partial charge in [0.15, 0.2) is 0 Å². The number of rotatable bonds is 1. The first-order chi connectivity index (χ1) is 9.61. The Kier molecular flexibility index (Phi) is 4.36. The normalized spacial score (nSPS) is 15.5. The third-order valence-electron chi connectivity index (χ3n) is 3.56. The number of nitrogens with zero attached hydrogens (tertiary/aromatic N) is 2. The van der Waals surface area contributed by atoms with Crippen molar-refractivity contribution < 1.29 is 9.59 Å². The average Bonchev–Trinajstić information content (AvgIpc) is 2.48. The summed E-state index contributed by atoms with van der Waals surface area (Å²) in [6.07, 6.45) is 1.85. The fourth-order valence-electron chi connectivity index (χ4n) is 2.22. The fraction of sp³-hybridized carbons (Fsp3) is 0.400. The number of amides is 2. The maximum atomic E-state index is 12.0. The summed E-state index contributed by atoms with van der Waals surface area (Å²) < 4.78 is 0. The van der Waals surface area contributed by atoms with Crippen LogP contribution in [-0.2, 0) is 9.59 Å². The minimum Gasteiger partial charge on any atom is -0.334 e. The van der Waals surface area contributed by atoms with Gasteiger partial charge in [-0.05, 0) is 30.9 Å². The van der Waals surface area contributed by atoms with Crippen molar-refractivity contribution >= 4 is 17.5 Å². The molecular weight excluding hydrogens is 254 g/mol. The molecule has 2 amide bonds. The largest absolute Gasteiger partial charge is 0.334 e. The van der Waals surface area contributed by atoms with Crippen molar-refractivity contribution in [3.05, 3.63) is 29.8 Å². The topological polar surface area (TPSA) is 73.2 Å². The molecule has 1 fully saturated rings. The van der Waals surface area contributed by atoms with Gasteiger partial charge in [-0.15, -0.1) is 0 Å². The zero-order chi connectivity index (χ0) is 14.5. The third-order valence-corrected chi connectivity index (χ3v) is 3.56. The van der Waals surface area contributed by atoms with E-state index in [1.807, 2.05) is 6.07 Å². The number of carbonyl (C=O) groups excluding carboxylic acids is 2. The zero-order valence-corrected chi connectivity index (χ0v) is 11.4. The van der Waals surface area contributed by atoms with Crippen LogP contribution in [-0.4, -0.2) is 29.8 Å². The van der Waals surface area contributed by atoms with E-state index in [-0.39, 0.29) is 0 Å².